The predicted molar refractivity (Wildman–Crippen MR) is 61.8 cm³/mol. The number of rotatable bonds is 3. The SMILES string of the molecule is CCn1cc(-c2cc(F)cc(C(N)=O)c2)cn1. The van der Waals surface area contributed by atoms with Crippen molar-refractivity contribution in [3.63, 3.8) is 0 Å². The van der Waals surface area contributed by atoms with E-state index in [1.165, 1.54) is 6.07 Å². The van der Waals surface area contributed by atoms with Gasteiger partial charge in [-0.2, -0.15) is 5.10 Å². The third-order valence-electron chi connectivity index (χ3n) is 2.47. The number of aryl methyl sites for hydroxylation is 1. The molecule has 4 nitrogen and oxygen atoms in total. The highest BCUT2D eigenvalue weighted by atomic mass is 19.1. The van der Waals surface area contributed by atoms with E-state index in [4.69, 9.17) is 5.73 Å². The largest absolute Gasteiger partial charge is 0.366 e. The van der Waals surface area contributed by atoms with E-state index in [-0.39, 0.29) is 5.56 Å². The molecule has 0 aliphatic heterocycles. The van der Waals surface area contributed by atoms with Gasteiger partial charge < -0.3 is 5.73 Å². The van der Waals surface area contributed by atoms with Gasteiger partial charge in [-0.25, -0.2) is 4.39 Å². The summed E-state index contributed by atoms with van der Waals surface area (Å²) in [5.74, 6) is -1.13. The molecule has 17 heavy (non-hydrogen) atoms. The number of nitrogens with two attached hydrogens (primary N) is 1. The van der Waals surface area contributed by atoms with Gasteiger partial charge >= 0.3 is 0 Å². The van der Waals surface area contributed by atoms with Crippen LogP contribution in [0.4, 0.5) is 4.39 Å². The Labute approximate surface area is 97.9 Å². The molecule has 5 heteroatoms. The Bertz CT molecular complexity index is 563. The van der Waals surface area contributed by atoms with E-state index in [2.05, 4.69) is 5.10 Å². The van der Waals surface area contributed by atoms with Crippen molar-refractivity contribution in [2.24, 2.45) is 5.73 Å². The smallest absolute Gasteiger partial charge is 0.248 e. The van der Waals surface area contributed by atoms with Crippen LogP contribution in [0.15, 0.2) is 30.6 Å². The van der Waals surface area contributed by atoms with Gasteiger partial charge in [-0.15, -0.1) is 0 Å². The molecule has 0 spiro atoms. The van der Waals surface area contributed by atoms with Gasteiger partial charge in [0.1, 0.15) is 5.82 Å². The lowest BCUT2D eigenvalue weighted by Gasteiger charge is -2.01. The van der Waals surface area contributed by atoms with Crippen molar-refractivity contribution in [1.82, 2.24) is 9.78 Å². The van der Waals surface area contributed by atoms with Gasteiger partial charge in [0.15, 0.2) is 0 Å². The Morgan fingerprint density at radius 1 is 1.41 bits per heavy atom. The predicted octanol–water partition coefficient (Wildman–Crippen LogP) is 1.81. The van der Waals surface area contributed by atoms with Crippen LogP contribution in [0.25, 0.3) is 11.1 Å². The molecule has 0 saturated heterocycles. The lowest BCUT2D eigenvalue weighted by molar-refractivity contribution is 0.1000. The summed E-state index contributed by atoms with van der Waals surface area (Å²) in [6.07, 6.45) is 3.42. The molecule has 88 valence electrons. The summed E-state index contributed by atoms with van der Waals surface area (Å²) in [6.45, 7) is 2.69. The molecule has 0 aliphatic rings. The van der Waals surface area contributed by atoms with Crippen LogP contribution in [0.5, 0.6) is 0 Å². The van der Waals surface area contributed by atoms with Crippen LogP contribution in [0, 0.1) is 5.82 Å². The molecule has 0 atom stereocenters. The van der Waals surface area contributed by atoms with Crippen molar-refractivity contribution in [2.75, 3.05) is 0 Å². The van der Waals surface area contributed by atoms with Crippen molar-refractivity contribution in [1.29, 1.82) is 0 Å². The number of aromatic nitrogens is 2. The van der Waals surface area contributed by atoms with Crippen LogP contribution in [-0.4, -0.2) is 15.7 Å². The summed E-state index contributed by atoms with van der Waals surface area (Å²) in [5.41, 5.74) is 6.65. The zero-order chi connectivity index (χ0) is 12.4. The van der Waals surface area contributed by atoms with Crippen LogP contribution in [0.1, 0.15) is 17.3 Å². The maximum absolute atomic E-state index is 13.3. The molecule has 1 aromatic carbocycles. The fourth-order valence-corrected chi connectivity index (χ4v) is 1.58. The summed E-state index contributed by atoms with van der Waals surface area (Å²) in [6, 6.07) is 4.03. The summed E-state index contributed by atoms with van der Waals surface area (Å²) in [7, 11) is 0. The minimum atomic E-state index is -0.645. The minimum absolute atomic E-state index is 0.157. The number of benzene rings is 1. The van der Waals surface area contributed by atoms with Crippen molar-refractivity contribution in [3.05, 3.63) is 42.0 Å². The fraction of sp³-hybridized carbons (Fsp3) is 0.167. The normalized spacial score (nSPS) is 10.5. The number of nitrogens with zero attached hydrogens (tertiary/aromatic N) is 2. The van der Waals surface area contributed by atoms with Gasteiger partial charge in [-0.1, -0.05) is 0 Å². The molecule has 0 fully saturated rings. The van der Waals surface area contributed by atoms with E-state index < -0.39 is 11.7 Å². The van der Waals surface area contributed by atoms with Gasteiger partial charge in [-0.05, 0) is 30.7 Å². The second-order valence-corrected chi connectivity index (χ2v) is 3.68. The topological polar surface area (TPSA) is 60.9 Å². The average Bonchev–Trinajstić information content (AvgIpc) is 2.76. The molecule has 2 aromatic rings. The third kappa shape index (κ3) is 2.33. The number of hydrogen-bond acceptors (Lipinski definition) is 2. The van der Waals surface area contributed by atoms with Crippen LogP contribution in [0.3, 0.4) is 0 Å². The minimum Gasteiger partial charge on any atom is -0.366 e. The Hall–Kier alpha value is -2.17. The van der Waals surface area contributed by atoms with E-state index in [0.717, 1.165) is 18.2 Å². The van der Waals surface area contributed by atoms with E-state index in [9.17, 15) is 9.18 Å². The van der Waals surface area contributed by atoms with Gasteiger partial charge in [0, 0.05) is 23.9 Å². The number of hydrogen-bond donors (Lipinski definition) is 1. The maximum Gasteiger partial charge on any atom is 0.248 e. The number of carbonyl (C=O) groups is 1. The maximum atomic E-state index is 13.3. The first kappa shape index (κ1) is 11.3. The van der Waals surface area contributed by atoms with Crippen LogP contribution < -0.4 is 5.73 Å². The second kappa shape index (κ2) is 4.37. The second-order valence-electron chi connectivity index (χ2n) is 3.68. The zero-order valence-electron chi connectivity index (χ0n) is 9.35. The molecule has 0 radical (unpaired) electrons. The van der Waals surface area contributed by atoms with Gasteiger partial charge in [0.05, 0.1) is 6.20 Å². The molecule has 0 saturated carbocycles. The highest BCUT2D eigenvalue weighted by molar-refractivity contribution is 5.94. The molecular formula is C12H12FN3O. The molecule has 1 amide bonds. The van der Waals surface area contributed by atoms with Crippen LogP contribution in [0.2, 0.25) is 0 Å². The lowest BCUT2D eigenvalue weighted by atomic mass is 10.1. The summed E-state index contributed by atoms with van der Waals surface area (Å²) < 4.78 is 15.1. The van der Waals surface area contributed by atoms with E-state index in [0.29, 0.717) is 5.56 Å². The molecule has 0 aliphatic carbocycles. The molecule has 2 rings (SSSR count). The van der Waals surface area contributed by atoms with Crippen molar-refractivity contribution in [2.45, 2.75) is 13.5 Å². The zero-order valence-corrected chi connectivity index (χ0v) is 9.35. The lowest BCUT2D eigenvalue weighted by Crippen LogP contribution is -2.11. The molecule has 1 aromatic heterocycles. The van der Waals surface area contributed by atoms with Crippen LogP contribution in [-0.2, 0) is 6.54 Å². The number of halogens is 1. The first-order chi connectivity index (χ1) is 8.10. The number of amides is 1. The molecular weight excluding hydrogens is 221 g/mol. The Balaban J connectivity index is 2.47. The van der Waals surface area contributed by atoms with Gasteiger partial charge in [0.2, 0.25) is 5.91 Å². The summed E-state index contributed by atoms with van der Waals surface area (Å²) in [4.78, 5) is 11.0. The first-order valence-corrected chi connectivity index (χ1v) is 5.23. The standard InChI is InChI=1S/C12H12FN3O/c1-2-16-7-10(6-15-16)8-3-9(12(14)17)5-11(13)4-8/h3-7H,2H2,1H3,(H2,14,17). The van der Waals surface area contributed by atoms with Crippen molar-refractivity contribution < 1.29 is 9.18 Å². The van der Waals surface area contributed by atoms with E-state index in [1.807, 2.05) is 6.92 Å². The first-order valence-electron chi connectivity index (χ1n) is 5.23. The van der Waals surface area contributed by atoms with Crippen molar-refractivity contribution in [3.8, 4) is 11.1 Å². The highest BCUT2D eigenvalue weighted by Crippen LogP contribution is 2.21. The van der Waals surface area contributed by atoms with Gasteiger partial charge in [-0.3, -0.25) is 9.48 Å². The van der Waals surface area contributed by atoms with Gasteiger partial charge in [0.25, 0.3) is 0 Å². The van der Waals surface area contributed by atoms with E-state index in [1.54, 1.807) is 23.1 Å². The fourth-order valence-electron chi connectivity index (χ4n) is 1.58. The number of primary amides is 1. The Morgan fingerprint density at radius 3 is 2.76 bits per heavy atom. The molecule has 1 heterocycles. The molecule has 2 N–H and O–H groups in total. The molecule has 0 bridgehead atoms. The summed E-state index contributed by atoms with van der Waals surface area (Å²) >= 11 is 0. The monoisotopic (exact) mass is 233 g/mol. The third-order valence-corrected chi connectivity index (χ3v) is 2.47. The Morgan fingerprint density at radius 2 is 2.18 bits per heavy atom. The highest BCUT2D eigenvalue weighted by Gasteiger charge is 2.08. The Kier molecular flexibility index (Phi) is 2.91. The van der Waals surface area contributed by atoms with E-state index >= 15 is 0 Å². The average molecular weight is 233 g/mol. The van der Waals surface area contributed by atoms with Crippen LogP contribution >= 0.6 is 0 Å². The molecule has 0 unspecified atom stereocenters. The van der Waals surface area contributed by atoms with Crippen molar-refractivity contribution >= 4 is 5.91 Å². The quantitative estimate of drug-likeness (QED) is 0.878. The summed E-state index contributed by atoms with van der Waals surface area (Å²) in [5, 5.41) is 4.09. The number of carbonyl (C=O) groups excluding carboxylic acids is 1.